The van der Waals surface area contributed by atoms with Gasteiger partial charge in [-0.1, -0.05) is 0 Å². The summed E-state index contributed by atoms with van der Waals surface area (Å²) in [6.07, 6.45) is 0. The zero-order valence-corrected chi connectivity index (χ0v) is 8.14. The molecule has 0 aliphatic heterocycles. The maximum Gasteiger partial charge on any atom is 0.238 e. The highest BCUT2D eigenvalue weighted by atomic mass is 32.2. The summed E-state index contributed by atoms with van der Waals surface area (Å²) in [5, 5.41) is 4.79. The van der Waals surface area contributed by atoms with E-state index < -0.39 is 26.5 Å². The normalized spacial score (nSPS) is 11.4. The van der Waals surface area contributed by atoms with Crippen molar-refractivity contribution in [2.24, 2.45) is 5.14 Å². The number of carbonyl (C=O) groups is 1. The van der Waals surface area contributed by atoms with Gasteiger partial charge in [0.1, 0.15) is 5.82 Å². The summed E-state index contributed by atoms with van der Waals surface area (Å²) in [5.41, 5.74) is -0.0194. The molecule has 1 aromatic rings. The van der Waals surface area contributed by atoms with Crippen LogP contribution in [-0.4, -0.2) is 14.2 Å². The van der Waals surface area contributed by atoms with Crippen LogP contribution in [0.3, 0.4) is 0 Å². The molecule has 76 valence electrons. The minimum Gasteiger partial charge on any atom is -0.295 e. The number of rotatable bonds is 2. The minimum atomic E-state index is -3.97. The summed E-state index contributed by atoms with van der Waals surface area (Å²) < 4.78 is 34.6. The molecule has 0 radical (unpaired) electrons. The van der Waals surface area contributed by atoms with E-state index >= 15 is 0 Å². The van der Waals surface area contributed by atoms with Crippen LogP contribution in [0.15, 0.2) is 23.1 Å². The highest BCUT2D eigenvalue weighted by molar-refractivity contribution is 7.89. The monoisotopic (exact) mass is 217 g/mol. The predicted octanol–water partition coefficient (Wildman–Crippen LogP) is 0.676. The van der Waals surface area contributed by atoms with Gasteiger partial charge in [-0.2, -0.15) is 0 Å². The van der Waals surface area contributed by atoms with Crippen LogP contribution < -0.4 is 5.14 Å². The molecule has 1 rings (SSSR count). The molecule has 0 amide bonds. The Kier molecular flexibility index (Phi) is 2.68. The van der Waals surface area contributed by atoms with Crippen LogP contribution in [0.5, 0.6) is 0 Å². The number of primary sulfonamides is 1. The Labute approximate surface area is 80.6 Å². The van der Waals surface area contributed by atoms with Crippen molar-refractivity contribution in [1.82, 2.24) is 0 Å². The van der Waals surface area contributed by atoms with Crippen molar-refractivity contribution in [2.75, 3.05) is 0 Å². The number of sulfonamides is 1. The molecule has 4 nitrogen and oxygen atoms in total. The molecule has 0 saturated heterocycles. The molecule has 0 aromatic heterocycles. The predicted molar refractivity (Wildman–Crippen MR) is 47.8 cm³/mol. The van der Waals surface area contributed by atoms with Gasteiger partial charge in [0.2, 0.25) is 10.0 Å². The third kappa shape index (κ3) is 2.36. The van der Waals surface area contributed by atoms with Crippen molar-refractivity contribution in [2.45, 2.75) is 11.8 Å². The quantitative estimate of drug-likeness (QED) is 0.740. The Hall–Kier alpha value is -1.27. The molecule has 0 atom stereocenters. The first kappa shape index (κ1) is 10.8. The first-order valence-corrected chi connectivity index (χ1v) is 5.19. The number of Topliss-reactive ketones (excluding diaryl/α,β-unsaturated/α-hetero) is 1. The van der Waals surface area contributed by atoms with Crippen LogP contribution >= 0.6 is 0 Å². The van der Waals surface area contributed by atoms with Crippen molar-refractivity contribution in [3.05, 3.63) is 29.6 Å². The second-order valence-electron chi connectivity index (χ2n) is 2.78. The number of carbonyl (C=O) groups excluding carboxylic acids is 1. The van der Waals surface area contributed by atoms with E-state index in [1.165, 1.54) is 6.92 Å². The molecule has 0 heterocycles. The van der Waals surface area contributed by atoms with E-state index in [-0.39, 0.29) is 5.56 Å². The van der Waals surface area contributed by atoms with Gasteiger partial charge >= 0.3 is 0 Å². The van der Waals surface area contributed by atoms with Gasteiger partial charge in [-0.3, -0.25) is 4.79 Å². The van der Waals surface area contributed by atoms with Gasteiger partial charge in [0.05, 0.1) is 4.90 Å². The lowest BCUT2D eigenvalue weighted by Gasteiger charge is -2.01. The van der Waals surface area contributed by atoms with E-state index in [0.29, 0.717) is 0 Å². The van der Waals surface area contributed by atoms with Crippen LogP contribution in [0.25, 0.3) is 0 Å². The van der Waals surface area contributed by atoms with E-state index in [4.69, 9.17) is 5.14 Å². The van der Waals surface area contributed by atoms with Gasteiger partial charge in [-0.05, 0) is 25.1 Å². The van der Waals surface area contributed by atoms with Crippen molar-refractivity contribution in [3.8, 4) is 0 Å². The summed E-state index contributed by atoms with van der Waals surface area (Å²) in [6.45, 7) is 1.21. The van der Waals surface area contributed by atoms with Crippen LogP contribution in [0, 0.1) is 5.82 Å². The Morgan fingerprint density at radius 2 is 1.93 bits per heavy atom. The van der Waals surface area contributed by atoms with Gasteiger partial charge in [0.25, 0.3) is 0 Å². The maximum absolute atomic E-state index is 12.8. The van der Waals surface area contributed by atoms with E-state index in [9.17, 15) is 17.6 Å². The first-order chi connectivity index (χ1) is 6.30. The molecule has 0 saturated carbocycles. The molecular formula is C8H8FNO3S. The van der Waals surface area contributed by atoms with Gasteiger partial charge in [0.15, 0.2) is 5.78 Å². The topological polar surface area (TPSA) is 77.2 Å². The number of ketones is 1. The standard InChI is InChI=1S/C8H8FNO3S/c1-5(11)6-2-7(9)4-8(3-6)14(10,12)13/h2-4H,1H3,(H2,10,12,13). The van der Waals surface area contributed by atoms with Crippen LogP contribution in [-0.2, 0) is 10.0 Å². The molecule has 6 heteroatoms. The maximum atomic E-state index is 12.8. The average molecular weight is 217 g/mol. The fourth-order valence-electron chi connectivity index (χ4n) is 0.930. The van der Waals surface area contributed by atoms with E-state index in [1.807, 2.05) is 0 Å². The summed E-state index contributed by atoms with van der Waals surface area (Å²) in [7, 11) is -3.97. The van der Waals surface area contributed by atoms with Gasteiger partial charge in [-0.25, -0.2) is 17.9 Å². The molecule has 2 N–H and O–H groups in total. The minimum absolute atomic E-state index is 0.0194. The Balaban J connectivity index is 3.43. The van der Waals surface area contributed by atoms with Gasteiger partial charge in [-0.15, -0.1) is 0 Å². The summed E-state index contributed by atoms with van der Waals surface area (Å²) >= 11 is 0. The molecule has 0 aliphatic carbocycles. The SMILES string of the molecule is CC(=O)c1cc(F)cc(S(N)(=O)=O)c1. The van der Waals surface area contributed by atoms with Crippen LogP contribution in [0.4, 0.5) is 4.39 Å². The largest absolute Gasteiger partial charge is 0.295 e. The number of hydrogen-bond acceptors (Lipinski definition) is 3. The third-order valence-electron chi connectivity index (χ3n) is 1.61. The Morgan fingerprint density at radius 3 is 2.36 bits per heavy atom. The van der Waals surface area contributed by atoms with Gasteiger partial charge < -0.3 is 0 Å². The number of hydrogen-bond donors (Lipinski definition) is 1. The Morgan fingerprint density at radius 1 is 1.36 bits per heavy atom. The van der Waals surface area contributed by atoms with Crippen LogP contribution in [0.2, 0.25) is 0 Å². The van der Waals surface area contributed by atoms with E-state index in [1.54, 1.807) is 0 Å². The summed E-state index contributed by atoms with van der Waals surface area (Å²) in [6, 6.07) is 2.76. The third-order valence-corrected chi connectivity index (χ3v) is 2.50. The Bertz CT molecular complexity index is 481. The second kappa shape index (κ2) is 3.47. The molecule has 1 aromatic carbocycles. The zero-order chi connectivity index (χ0) is 10.9. The summed E-state index contributed by atoms with van der Waals surface area (Å²) in [5.74, 6) is -1.23. The van der Waals surface area contributed by atoms with E-state index in [2.05, 4.69) is 0 Å². The molecule has 0 bridgehead atoms. The molecule has 0 spiro atoms. The average Bonchev–Trinajstić information content (AvgIpc) is 2.01. The highest BCUT2D eigenvalue weighted by Crippen LogP contribution is 2.13. The van der Waals surface area contributed by atoms with Crippen molar-refractivity contribution >= 4 is 15.8 Å². The van der Waals surface area contributed by atoms with Crippen molar-refractivity contribution < 1.29 is 17.6 Å². The lowest BCUT2D eigenvalue weighted by Crippen LogP contribution is -2.13. The summed E-state index contributed by atoms with van der Waals surface area (Å²) in [4.78, 5) is 10.5. The molecule has 14 heavy (non-hydrogen) atoms. The first-order valence-electron chi connectivity index (χ1n) is 3.65. The molecular weight excluding hydrogens is 209 g/mol. The number of benzene rings is 1. The lowest BCUT2D eigenvalue weighted by molar-refractivity contribution is 0.101. The molecule has 0 fully saturated rings. The molecule has 0 aliphatic rings. The smallest absolute Gasteiger partial charge is 0.238 e. The van der Waals surface area contributed by atoms with Crippen molar-refractivity contribution in [1.29, 1.82) is 0 Å². The highest BCUT2D eigenvalue weighted by Gasteiger charge is 2.12. The van der Waals surface area contributed by atoms with Crippen molar-refractivity contribution in [3.63, 3.8) is 0 Å². The molecule has 0 unspecified atom stereocenters. The number of halogens is 1. The number of nitrogens with two attached hydrogens (primary N) is 1. The fraction of sp³-hybridized carbons (Fsp3) is 0.125. The lowest BCUT2D eigenvalue weighted by atomic mass is 10.1. The fourth-order valence-corrected chi connectivity index (χ4v) is 1.50. The van der Waals surface area contributed by atoms with Crippen LogP contribution in [0.1, 0.15) is 17.3 Å². The second-order valence-corrected chi connectivity index (χ2v) is 4.34. The van der Waals surface area contributed by atoms with Gasteiger partial charge in [0, 0.05) is 5.56 Å². The zero-order valence-electron chi connectivity index (χ0n) is 7.32. The van der Waals surface area contributed by atoms with E-state index in [0.717, 1.165) is 18.2 Å².